The van der Waals surface area contributed by atoms with Crippen LogP contribution in [0.25, 0.3) is 0 Å². The second-order valence-electron chi connectivity index (χ2n) is 4.49. The minimum Gasteiger partial charge on any atom is -0.350 e. The molecule has 0 aromatic heterocycles. The van der Waals surface area contributed by atoms with Crippen LogP contribution in [0.15, 0.2) is 0 Å². The average Bonchev–Trinajstić information content (AvgIpc) is 1.96. The molecule has 0 saturated heterocycles. The minimum atomic E-state index is -0.348. The molecule has 0 aliphatic heterocycles. The number of unbranched alkanes of at least 4 members (excludes halogenated alkanes) is 1. The highest BCUT2D eigenvalue weighted by Crippen LogP contribution is 2.02. The molecule has 0 unspecified atom stereocenters. The fourth-order valence-corrected chi connectivity index (χ4v) is 1.02. The average molecular weight is 186 g/mol. The molecule has 0 fully saturated rings. The predicted octanol–water partition coefficient (Wildman–Crippen LogP) is 1.42. The van der Waals surface area contributed by atoms with E-state index >= 15 is 0 Å². The summed E-state index contributed by atoms with van der Waals surface area (Å²) in [6.45, 7) is 7.96. The zero-order valence-electron chi connectivity index (χ0n) is 9.18. The molecule has 78 valence electrons. The highest BCUT2D eigenvalue weighted by Gasteiger charge is 2.18. The molecule has 1 atom stereocenters. The normalized spacial score (nSPS) is 13.9. The van der Waals surface area contributed by atoms with Crippen molar-refractivity contribution >= 4 is 5.91 Å². The van der Waals surface area contributed by atoms with E-state index in [2.05, 4.69) is 12.2 Å². The van der Waals surface area contributed by atoms with Crippen molar-refractivity contribution in [2.75, 3.05) is 0 Å². The maximum Gasteiger partial charge on any atom is 0.237 e. The third-order valence-electron chi connectivity index (χ3n) is 1.70. The van der Waals surface area contributed by atoms with Crippen molar-refractivity contribution in [2.45, 2.75) is 58.5 Å². The molecule has 0 bridgehead atoms. The van der Waals surface area contributed by atoms with Gasteiger partial charge in [0.25, 0.3) is 0 Å². The number of carbonyl (C=O) groups is 1. The van der Waals surface area contributed by atoms with Gasteiger partial charge in [0, 0.05) is 5.54 Å². The summed E-state index contributed by atoms with van der Waals surface area (Å²) in [4.78, 5) is 11.4. The first-order valence-corrected chi connectivity index (χ1v) is 4.94. The number of hydrogen-bond acceptors (Lipinski definition) is 2. The Bertz CT molecular complexity index is 161. The smallest absolute Gasteiger partial charge is 0.237 e. The van der Waals surface area contributed by atoms with E-state index in [0.29, 0.717) is 0 Å². The van der Waals surface area contributed by atoms with Gasteiger partial charge in [-0.25, -0.2) is 0 Å². The van der Waals surface area contributed by atoms with Crippen LogP contribution in [0.4, 0.5) is 0 Å². The highest BCUT2D eigenvalue weighted by molar-refractivity contribution is 5.82. The number of amides is 1. The van der Waals surface area contributed by atoms with Crippen LogP contribution in [0.2, 0.25) is 0 Å². The highest BCUT2D eigenvalue weighted by atomic mass is 16.2. The van der Waals surface area contributed by atoms with Gasteiger partial charge in [-0.1, -0.05) is 19.8 Å². The molecule has 1 amide bonds. The Morgan fingerprint density at radius 3 is 2.38 bits per heavy atom. The second kappa shape index (κ2) is 5.22. The molecule has 3 nitrogen and oxygen atoms in total. The lowest BCUT2D eigenvalue weighted by Gasteiger charge is -2.23. The van der Waals surface area contributed by atoms with Gasteiger partial charge in [-0.3, -0.25) is 4.79 Å². The van der Waals surface area contributed by atoms with Gasteiger partial charge < -0.3 is 11.1 Å². The van der Waals surface area contributed by atoms with Crippen molar-refractivity contribution in [3.63, 3.8) is 0 Å². The Morgan fingerprint density at radius 2 is 2.00 bits per heavy atom. The van der Waals surface area contributed by atoms with Gasteiger partial charge in [-0.05, 0) is 27.2 Å². The summed E-state index contributed by atoms with van der Waals surface area (Å²) in [5.41, 5.74) is 5.52. The predicted molar refractivity (Wildman–Crippen MR) is 55.4 cm³/mol. The van der Waals surface area contributed by atoms with Crippen molar-refractivity contribution in [3.05, 3.63) is 0 Å². The van der Waals surface area contributed by atoms with Crippen LogP contribution in [0, 0.1) is 0 Å². The molecular weight excluding hydrogens is 164 g/mol. The first-order chi connectivity index (χ1) is 5.87. The standard InChI is InChI=1S/C10H22N2O/c1-5-6-7-8(11)9(13)12-10(2,3)4/h8H,5-7,11H2,1-4H3,(H,12,13)/t8-/m1/s1. The zero-order valence-corrected chi connectivity index (χ0v) is 9.18. The van der Waals surface area contributed by atoms with Crippen molar-refractivity contribution in [1.29, 1.82) is 0 Å². The van der Waals surface area contributed by atoms with Crippen molar-refractivity contribution < 1.29 is 4.79 Å². The van der Waals surface area contributed by atoms with Gasteiger partial charge in [0.2, 0.25) is 5.91 Å². The maximum atomic E-state index is 11.4. The summed E-state index contributed by atoms with van der Waals surface area (Å²) in [6, 6.07) is -0.348. The van der Waals surface area contributed by atoms with Gasteiger partial charge in [-0.2, -0.15) is 0 Å². The number of carbonyl (C=O) groups excluding carboxylic acids is 1. The van der Waals surface area contributed by atoms with Crippen LogP contribution in [0.3, 0.4) is 0 Å². The van der Waals surface area contributed by atoms with Crippen LogP contribution in [-0.4, -0.2) is 17.5 Å². The third-order valence-corrected chi connectivity index (χ3v) is 1.70. The zero-order chi connectivity index (χ0) is 10.5. The summed E-state index contributed by atoms with van der Waals surface area (Å²) in [7, 11) is 0. The molecule has 3 heteroatoms. The number of nitrogens with one attached hydrogen (secondary N) is 1. The quantitative estimate of drug-likeness (QED) is 0.697. The summed E-state index contributed by atoms with van der Waals surface area (Å²) >= 11 is 0. The summed E-state index contributed by atoms with van der Waals surface area (Å²) in [6.07, 6.45) is 2.87. The lowest BCUT2D eigenvalue weighted by molar-refractivity contribution is -0.123. The van der Waals surface area contributed by atoms with E-state index in [0.717, 1.165) is 19.3 Å². The van der Waals surface area contributed by atoms with Gasteiger partial charge >= 0.3 is 0 Å². The Labute approximate surface area is 81.1 Å². The second-order valence-corrected chi connectivity index (χ2v) is 4.49. The van der Waals surface area contributed by atoms with Crippen molar-refractivity contribution in [1.82, 2.24) is 5.32 Å². The van der Waals surface area contributed by atoms with E-state index in [9.17, 15) is 4.79 Å². The maximum absolute atomic E-state index is 11.4. The molecule has 3 N–H and O–H groups in total. The Morgan fingerprint density at radius 1 is 1.46 bits per heavy atom. The summed E-state index contributed by atoms with van der Waals surface area (Å²) in [5.74, 6) is -0.0408. The SMILES string of the molecule is CCCC[C@@H](N)C(=O)NC(C)(C)C. The molecule has 0 aromatic rings. The summed E-state index contributed by atoms with van der Waals surface area (Å²) in [5, 5.41) is 2.86. The molecule has 0 spiro atoms. The van der Waals surface area contributed by atoms with E-state index in [1.165, 1.54) is 0 Å². The first kappa shape index (κ1) is 12.4. The molecule has 0 rings (SSSR count). The van der Waals surface area contributed by atoms with E-state index in [1.54, 1.807) is 0 Å². The number of rotatable bonds is 4. The molecule has 13 heavy (non-hydrogen) atoms. The van der Waals surface area contributed by atoms with Gasteiger partial charge in [0.15, 0.2) is 0 Å². The van der Waals surface area contributed by atoms with Gasteiger partial charge in [-0.15, -0.1) is 0 Å². The Kier molecular flexibility index (Phi) is 4.99. The number of hydrogen-bond donors (Lipinski definition) is 2. The monoisotopic (exact) mass is 186 g/mol. The largest absolute Gasteiger partial charge is 0.350 e. The molecule has 0 aromatic carbocycles. The molecule has 0 aliphatic carbocycles. The molecular formula is C10H22N2O. The third kappa shape index (κ3) is 6.58. The van der Waals surface area contributed by atoms with Crippen LogP contribution in [0.5, 0.6) is 0 Å². The van der Waals surface area contributed by atoms with Crippen molar-refractivity contribution in [2.24, 2.45) is 5.73 Å². The van der Waals surface area contributed by atoms with Gasteiger partial charge in [0.05, 0.1) is 6.04 Å². The molecule has 0 saturated carbocycles. The Balaban J connectivity index is 3.83. The fraction of sp³-hybridized carbons (Fsp3) is 0.900. The number of nitrogens with two attached hydrogens (primary N) is 1. The lowest BCUT2D eigenvalue weighted by Crippen LogP contribution is -2.48. The fourth-order valence-electron chi connectivity index (χ4n) is 1.02. The molecule has 0 radical (unpaired) electrons. The van der Waals surface area contributed by atoms with E-state index in [-0.39, 0.29) is 17.5 Å². The molecule has 0 heterocycles. The van der Waals surface area contributed by atoms with Crippen LogP contribution < -0.4 is 11.1 Å². The topological polar surface area (TPSA) is 55.1 Å². The van der Waals surface area contributed by atoms with E-state index in [1.807, 2.05) is 20.8 Å². The molecule has 0 aliphatic rings. The van der Waals surface area contributed by atoms with Gasteiger partial charge in [0.1, 0.15) is 0 Å². The van der Waals surface area contributed by atoms with Crippen LogP contribution in [-0.2, 0) is 4.79 Å². The van der Waals surface area contributed by atoms with E-state index in [4.69, 9.17) is 5.73 Å². The Hall–Kier alpha value is -0.570. The minimum absolute atomic E-state index is 0.0408. The van der Waals surface area contributed by atoms with Crippen molar-refractivity contribution in [3.8, 4) is 0 Å². The lowest BCUT2D eigenvalue weighted by atomic mass is 10.1. The summed E-state index contributed by atoms with van der Waals surface area (Å²) < 4.78 is 0. The van der Waals surface area contributed by atoms with E-state index < -0.39 is 0 Å². The van der Waals surface area contributed by atoms with Crippen LogP contribution in [0.1, 0.15) is 47.0 Å². The first-order valence-electron chi connectivity index (χ1n) is 4.94. The van der Waals surface area contributed by atoms with Crippen LogP contribution >= 0.6 is 0 Å².